The Balaban J connectivity index is 2.12. The molecule has 1 aliphatic heterocycles. The van der Waals surface area contributed by atoms with E-state index >= 15 is 0 Å². The molecule has 0 aromatic heterocycles. The first kappa shape index (κ1) is 13.8. The van der Waals surface area contributed by atoms with Crippen molar-refractivity contribution in [2.24, 2.45) is 10.9 Å². The Morgan fingerprint density at radius 3 is 3.05 bits per heavy atom. The molecule has 2 atom stereocenters. The zero-order chi connectivity index (χ0) is 13.5. The van der Waals surface area contributed by atoms with E-state index in [9.17, 15) is 0 Å². The van der Waals surface area contributed by atoms with E-state index in [1.54, 1.807) is 0 Å². The number of hydrogen-bond donors (Lipinski definition) is 1. The second-order valence-corrected chi connectivity index (χ2v) is 7.51. The Morgan fingerprint density at radius 1 is 1.47 bits per heavy atom. The molecule has 0 bridgehead atoms. The molecule has 1 heterocycles. The van der Waals surface area contributed by atoms with Crippen molar-refractivity contribution in [3.8, 4) is 0 Å². The molecule has 0 amide bonds. The van der Waals surface area contributed by atoms with Gasteiger partial charge in [0.05, 0.1) is 5.54 Å². The van der Waals surface area contributed by atoms with E-state index in [4.69, 9.17) is 16.6 Å². The summed E-state index contributed by atoms with van der Waals surface area (Å²) in [6.07, 6.45) is 3.63. The van der Waals surface area contributed by atoms with Crippen molar-refractivity contribution in [1.82, 2.24) is 5.32 Å². The molecule has 19 heavy (non-hydrogen) atoms. The first-order valence-electron chi connectivity index (χ1n) is 6.51. The number of amidine groups is 1. The third-order valence-electron chi connectivity index (χ3n) is 4.08. The number of nitrogens with one attached hydrogen (secondary N) is 1. The average Bonchev–Trinajstić information content (AvgIpc) is 2.81. The van der Waals surface area contributed by atoms with Gasteiger partial charge in [0.1, 0.15) is 0 Å². The number of nitrogens with zero attached hydrogens (tertiary/aromatic N) is 1. The highest BCUT2D eigenvalue weighted by Crippen LogP contribution is 2.51. The number of aliphatic imine (C=N–C) groups is 1. The van der Waals surface area contributed by atoms with Crippen molar-refractivity contribution >= 4 is 44.5 Å². The normalized spacial score (nSPS) is 29.8. The van der Waals surface area contributed by atoms with Crippen LogP contribution in [0.3, 0.4) is 0 Å². The number of thioether (sulfide) groups is 1. The van der Waals surface area contributed by atoms with Crippen molar-refractivity contribution in [1.29, 1.82) is 0 Å². The van der Waals surface area contributed by atoms with Gasteiger partial charge >= 0.3 is 0 Å². The van der Waals surface area contributed by atoms with E-state index in [-0.39, 0.29) is 5.54 Å². The minimum Gasteiger partial charge on any atom is -0.368 e. The van der Waals surface area contributed by atoms with Crippen molar-refractivity contribution < 1.29 is 0 Å². The molecular weight excluding hydrogens is 344 g/mol. The summed E-state index contributed by atoms with van der Waals surface area (Å²) < 4.78 is 1.04. The number of rotatable bonds is 1. The van der Waals surface area contributed by atoms with Crippen LogP contribution in [-0.2, 0) is 5.54 Å². The topological polar surface area (TPSA) is 24.4 Å². The molecule has 2 nitrogen and oxygen atoms in total. The molecule has 1 aromatic rings. The van der Waals surface area contributed by atoms with Gasteiger partial charge < -0.3 is 5.32 Å². The van der Waals surface area contributed by atoms with Crippen LogP contribution in [0, 0.1) is 5.92 Å². The summed E-state index contributed by atoms with van der Waals surface area (Å²) in [5.41, 5.74) is 1.18. The summed E-state index contributed by atoms with van der Waals surface area (Å²) in [7, 11) is 1.95. The Bertz CT molecular complexity index is 514. The molecule has 3 rings (SSSR count). The van der Waals surface area contributed by atoms with Gasteiger partial charge in [-0.25, -0.2) is 0 Å². The Labute approximate surface area is 131 Å². The van der Waals surface area contributed by atoms with Crippen LogP contribution in [-0.4, -0.2) is 18.0 Å². The summed E-state index contributed by atoms with van der Waals surface area (Å²) in [4.78, 5) is 5.04. The lowest BCUT2D eigenvalue weighted by Crippen LogP contribution is -2.37. The summed E-state index contributed by atoms with van der Waals surface area (Å²) in [5.74, 6) is 1.77. The highest BCUT2D eigenvalue weighted by atomic mass is 79.9. The van der Waals surface area contributed by atoms with Gasteiger partial charge in [-0.2, -0.15) is 0 Å². The van der Waals surface area contributed by atoms with Gasteiger partial charge in [-0.3, -0.25) is 4.99 Å². The number of hydrogen-bond acceptors (Lipinski definition) is 3. The predicted molar refractivity (Wildman–Crippen MR) is 87.1 cm³/mol. The molecule has 1 aromatic carbocycles. The lowest BCUT2D eigenvalue weighted by Gasteiger charge is -2.36. The molecule has 102 valence electrons. The Kier molecular flexibility index (Phi) is 3.84. The van der Waals surface area contributed by atoms with Crippen LogP contribution in [0.2, 0.25) is 5.02 Å². The largest absolute Gasteiger partial charge is 0.368 e. The predicted octanol–water partition coefficient (Wildman–Crippen LogP) is 4.42. The summed E-state index contributed by atoms with van der Waals surface area (Å²) in [5, 5.41) is 5.04. The molecule has 5 heteroatoms. The van der Waals surface area contributed by atoms with Gasteiger partial charge in [0.2, 0.25) is 0 Å². The Hall–Kier alpha value is -0.190. The summed E-state index contributed by atoms with van der Waals surface area (Å²) in [6, 6.07) is 6.19. The van der Waals surface area contributed by atoms with E-state index in [0.717, 1.165) is 26.8 Å². The molecular formula is C14H16BrClN2S. The molecule has 0 radical (unpaired) electrons. The monoisotopic (exact) mass is 358 g/mol. The van der Waals surface area contributed by atoms with Gasteiger partial charge in [-0.05, 0) is 42.5 Å². The molecule has 0 spiro atoms. The molecule has 1 saturated carbocycles. The van der Waals surface area contributed by atoms with E-state index in [2.05, 4.69) is 33.4 Å². The second kappa shape index (κ2) is 5.30. The van der Waals surface area contributed by atoms with Crippen LogP contribution in [0.1, 0.15) is 24.8 Å². The highest BCUT2D eigenvalue weighted by Gasteiger charge is 2.46. The van der Waals surface area contributed by atoms with Crippen LogP contribution >= 0.6 is 39.3 Å². The third kappa shape index (κ3) is 2.43. The maximum atomic E-state index is 6.23. The third-order valence-corrected chi connectivity index (χ3v) is 5.90. The van der Waals surface area contributed by atoms with Gasteiger partial charge in [0.25, 0.3) is 0 Å². The lowest BCUT2D eigenvalue weighted by atomic mass is 9.82. The number of fused-ring (bicyclic) bond motifs is 1. The number of halogens is 2. The van der Waals surface area contributed by atoms with Crippen molar-refractivity contribution in [3.05, 3.63) is 33.3 Å². The quantitative estimate of drug-likeness (QED) is 0.802. The van der Waals surface area contributed by atoms with Gasteiger partial charge in [-0.15, -0.1) is 0 Å². The zero-order valence-corrected chi connectivity index (χ0v) is 13.9. The second-order valence-electron chi connectivity index (χ2n) is 5.15. The van der Waals surface area contributed by atoms with Crippen molar-refractivity contribution in [3.63, 3.8) is 0 Å². The standard InChI is InChI=1S/C14H16BrClN2S/c1-17-13-18-14(4-2-3-9(14)8-19-13)10-5-11(15)7-12(16)6-10/h5-7,9H,2-4,8H2,1H3,(H,17,18)/t9-,14-/m0/s1. The minimum atomic E-state index is -0.0724. The SMILES string of the molecule is CNC1=N[C@@]2(c3cc(Cl)cc(Br)c3)CCC[C@H]2CS1. The fourth-order valence-electron chi connectivity index (χ4n) is 3.20. The van der Waals surface area contributed by atoms with E-state index in [1.807, 2.05) is 24.9 Å². The van der Waals surface area contributed by atoms with Crippen LogP contribution in [0.4, 0.5) is 0 Å². The first-order valence-corrected chi connectivity index (χ1v) is 8.67. The molecule has 2 aliphatic rings. The fraction of sp³-hybridized carbons (Fsp3) is 0.500. The van der Waals surface area contributed by atoms with Crippen LogP contribution in [0.15, 0.2) is 27.7 Å². The smallest absolute Gasteiger partial charge is 0.157 e. The molecule has 0 unspecified atom stereocenters. The lowest BCUT2D eigenvalue weighted by molar-refractivity contribution is 0.354. The molecule has 1 fully saturated rings. The van der Waals surface area contributed by atoms with E-state index in [0.29, 0.717) is 5.92 Å². The minimum absolute atomic E-state index is 0.0724. The summed E-state index contributed by atoms with van der Waals surface area (Å²) in [6.45, 7) is 0. The van der Waals surface area contributed by atoms with Gasteiger partial charge in [0, 0.05) is 22.3 Å². The molecule has 1 aliphatic carbocycles. The van der Waals surface area contributed by atoms with Gasteiger partial charge in [-0.1, -0.05) is 45.7 Å². The fourth-order valence-corrected chi connectivity index (χ4v) is 5.23. The van der Waals surface area contributed by atoms with Gasteiger partial charge in [0.15, 0.2) is 5.17 Å². The molecule has 1 N–H and O–H groups in total. The summed E-state index contributed by atoms with van der Waals surface area (Å²) >= 11 is 11.6. The van der Waals surface area contributed by atoms with Crippen molar-refractivity contribution in [2.75, 3.05) is 12.8 Å². The van der Waals surface area contributed by atoms with E-state index < -0.39 is 0 Å². The van der Waals surface area contributed by atoms with E-state index in [1.165, 1.54) is 18.4 Å². The van der Waals surface area contributed by atoms with Crippen LogP contribution in [0.5, 0.6) is 0 Å². The van der Waals surface area contributed by atoms with Crippen LogP contribution in [0.25, 0.3) is 0 Å². The number of benzene rings is 1. The highest BCUT2D eigenvalue weighted by molar-refractivity contribution is 9.10. The maximum absolute atomic E-state index is 6.23. The average molecular weight is 360 g/mol. The maximum Gasteiger partial charge on any atom is 0.157 e. The van der Waals surface area contributed by atoms with Crippen LogP contribution < -0.4 is 5.32 Å². The molecule has 0 saturated heterocycles. The Morgan fingerprint density at radius 2 is 2.32 bits per heavy atom. The van der Waals surface area contributed by atoms with Crippen molar-refractivity contribution in [2.45, 2.75) is 24.8 Å². The first-order chi connectivity index (χ1) is 9.14. The zero-order valence-electron chi connectivity index (χ0n) is 10.7.